The molecule has 0 aromatic heterocycles. The molecule has 0 radical (unpaired) electrons. The van der Waals surface area contributed by atoms with Crippen LogP contribution in [0, 0.1) is 29.1 Å². The van der Waals surface area contributed by atoms with Gasteiger partial charge in [-0.05, 0) is 6.07 Å². The van der Waals surface area contributed by atoms with E-state index in [9.17, 15) is 40.6 Å². The molecule has 6 nitrogen and oxygen atoms in total. The van der Waals surface area contributed by atoms with Crippen LogP contribution in [-0.2, 0) is 10.1 Å². The molecule has 1 heterocycles. The average molecular weight is 440 g/mol. The summed E-state index contributed by atoms with van der Waals surface area (Å²) in [5.74, 6) is -16.2. The second-order valence-electron chi connectivity index (χ2n) is 6.26. The van der Waals surface area contributed by atoms with E-state index in [1.807, 2.05) is 0 Å². The van der Waals surface area contributed by atoms with E-state index in [4.69, 9.17) is 4.74 Å². The van der Waals surface area contributed by atoms with Crippen LogP contribution < -0.4 is 8.92 Å². The summed E-state index contributed by atoms with van der Waals surface area (Å²) in [5, 5.41) is 20.3. The number of halogens is 5. The topological polar surface area (TPSA) is 93.1 Å². The molecule has 1 aliphatic rings. The molecule has 0 aliphatic carbocycles. The van der Waals surface area contributed by atoms with Gasteiger partial charge in [-0.1, -0.05) is 13.0 Å². The lowest BCUT2D eigenvalue weighted by Crippen LogP contribution is -2.40. The van der Waals surface area contributed by atoms with Crippen LogP contribution in [0.1, 0.15) is 31.4 Å². The van der Waals surface area contributed by atoms with Gasteiger partial charge in [-0.3, -0.25) is 0 Å². The van der Waals surface area contributed by atoms with Crippen LogP contribution >= 0.6 is 0 Å². The maximum atomic E-state index is 13.7. The number of fused-ring (bicyclic) bond motifs is 1. The van der Waals surface area contributed by atoms with E-state index in [-0.39, 0.29) is 24.2 Å². The lowest BCUT2D eigenvalue weighted by molar-refractivity contribution is -0.174. The Morgan fingerprint density at radius 1 is 1.10 bits per heavy atom. The molecule has 0 bridgehead atoms. The molecular formula is C17H13F5O6S. The summed E-state index contributed by atoms with van der Waals surface area (Å²) in [6.45, 7) is 1.55. The third kappa shape index (κ3) is 3.63. The van der Waals surface area contributed by atoms with Crippen LogP contribution in [0.2, 0.25) is 0 Å². The van der Waals surface area contributed by atoms with Crippen molar-refractivity contribution < 1.29 is 49.5 Å². The minimum absolute atomic E-state index is 0.0432. The summed E-state index contributed by atoms with van der Waals surface area (Å²) < 4.78 is 101. The van der Waals surface area contributed by atoms with Crippen molar-refractivity contribution in [3.05, 3.63) is 52.8 Å². The monoisotopic (exact) mass is 440 g/mol. The van der Waals surface area contributed by atoms with E-state index in [2.05, 4.69) is 4.18 Å². The van der Waals surface area contributed by atoms with Gasteiger partial charge in [0.2, 0.25) is 40.6 Å². The molecule has 2 aromatic carbocycles. The van der Waals surface area contributed by atoms with E-state index in [0.29, 0.717) is 0 Å². The molecular weight excluding hydrogens is 427 g/mol. The van der Waals surface area contributed by atoms with Crippen molar-refractivity contribution in [2.45, 2.75) is 36.6 Å². The van der Waals surface area contributed by atoms with Crippen molar-refractivity contribution in [3.8, 4) is 11.5 Å². The van der Waals surface area contributed by atoms with Crippen molar-refractivity contribution in [2.75, 3.05) is 0 Å². The molecule has 29 heavy (non-hydrogen) atoms. The smallest absolute Gasteiger partial charge is 0.339 e. The third-order valence-electron chi connectivity index (χ3n) is 4.36. The molecule has 158 valence electrons. The Hall–Kier alpha value is -2.44. The van der Waals surface area contributed by atoms with Gasteiger partial charge in [0.05, 0.1) is 6.10 Å². The van der Waals surface area contributed by atoms with Crippen LogP contribution in [0.4, 0.5) is 22.0 Å². The Labute approximate surface area is 161 Å². The largest absolute Gasteiger partial charge is 0.462 e. The van der Waals surface area contributed by atoms with Crippen molar-refractivity contribution in [2.24, 2.45) is 0 Å². The SMILES string of the molecule is CC[C@@]1(O)C[C@H](O)c2ccc(S(=O)(=O)Oc3c(F)c(F)c(F)c(F)c3F)cc2O1. The van der Waals surface area contributed by atoms with Crippen LogP contribution in [0.5, 0.6) is 11.5 Å². The number of benzene rings is 2. The fourth-order valence-electron chi connectivity index (χ4n) is 2.72. The summed E-state index contributed by atoms with van der Waals surface area (Å²) in [6.07, 6.45) is -1.35. The highest BCUT2D eigenvalue weighted by Gasteiger charge is 2.38. The first-order chi connectivity index (χ1) is 13.4. The highest BCUT2D eigenvalue weighted by molar-refractivity contribution is 7.87. The van der Waals surface area contributed by atoms with E-state index < -0.39 is 61.7 Å². The third-order valence-corrected chi connectivity index (χ3v) is 5.58. The number of ether oxygens (including phenoxy) is 1. The minimum Gasteiger partial charge on any atom is -0.462 e. The molecule has 0 amide bonds. The molecule has 12 heteroatoms. The quantitative estimate of drug-likeness (QED) is 0.329. The van der Waals surface area contributed by atoms with Crippen LogP contribution in [-0.4, -0.2) is 24.4 Å². The van der Waals surface area contributed by atoms with Crippen LogP contribution in [0.25, 0.3) is 0 Å². The Morgan fingerprint density at radius 3 is 2.21 bits per heavy atom. The molecule has 2 N–H and O–H groups in total. The van der Waals surface area contributed by atoms with Gasteiger partial charge >= 0.3 is 10.1 Å². The minimum atomic E-state index is -5.08. The van der Waals surface area contributed by atoms with Crippen molar-refractivity contribution in [3.63, 3.8) is 0 Å². The second-order valence-corrected chi connectivity index (χ2v) is 7.80. The lowest BCUT2D eigenvalue weighted by Gasteiger charge is -2.36. The van der Waals surface area contributed by atoms with E-state index >= 15 is 0 Å². The fourth-order valence-corrected chi connectivity index (χ4v) is 3.67. The van der Waals surface area contributed by atoms with Crippen LogP contribution in [0.15, 0.2) is 23.1 Å². The summed E-state index contributed by atoms with van der Waals surface area (Å²) >= 11 is 0. The Bertz CT molecular complexity index is 1060. The summed E-state index contributed by atoms with van der Waals surface area (Å²) in [5.41, 5.74) is 0.123. The Balaban J connectivity index is 2.04. The van der Waals surface area contributed by atoms with E-state index in [1.165, 1.54) is 0 Å². The first-order valence-corrected chi connectivity index (χ1v) is 9.50. The molecule has 3 rings (SSSR count). The van der Waals surface area contributed by atoms with Crippen molar-refractivity contribution in [1.29, 1.82) is 0 Å². The highest BCUT2D eigenvalue weighted by Crippen LogP contribution is 2.41. The molecule has 0 saturated heterocycles. The van der Waals surface area contributed by atoms with Gasteiger partial charge in [-0.25, -0.2) is 13.2 Å². The average Bonchev–Trinajstić information content (AvgIpc) is 2.67. The van der Waals surface area contributed by atoms with Gasteiger partial charge < -0.3 is 19.1 Å². The summed E-state index contributed by atoms with van der Waals surface area (Å²) in [7, 11) is -5.08. The summed E-state index contributed by atoms with van der Waals surface area (Å²) in [6, 6.07) is 2.77. The van der Waals surface area contributed by atoms with E-state index in [1.54, 1.807) is 6.92 Å². The molecule has 0 fully saturated rings. The van der Waals surface area contributed by atoms with Gasteiger partial charge in [0.25, 0.3) is 0 Å². The maximum Gasteiger partial charge on any atom is 0.339 e. The molecule has 0 unspecified atom stereocenters. The van der Waals surface area contributed by atoms with Gasteiger partial charge in [0, 0.05) is 24.5 Å². The fraction of sp³-hybridized carbons (Fsp3) is 0.294. The standard InChI is InChI=1S/C17H13F5O6S/c1-2-17(24)6-9(23)8-4-3-7(5-10(8)27-17)29(25,26)28-16-14(21)12(19)11(18)13(20)15(16)22/h3-5,9,23-24H,2,6H2,1H3/t9-,17-/m0/s1. The van der Waals surface area contributed by atoms with Gasteiger partial charge in [-0.2, -0.15) is 17.2 Å². The zero-order valence-corrected chi connectivity index (χ0v) is 15.4. The molecule has 2 atom stereocenters. The van der Waals surface area contributed by atoms with E-state index in [0.717, 1.165) is 18.2 Å². The maximum absolute atomic E-state index is 13.7. The number of hydrogen-bond donors (Lipinski definition) is 2. The molecule has 2 aromatic rings. The predicted molar refractivity (Wildman–Crippen MR) is 85.9 cm³/mol. The first-order valence-electron chi connectivity index (χ1n) is 8.09. The zero-order chi connectivity index (χ0) is 21.7. The lowest BCUT2D eigenvalue weighted by atomic mass is 9.95. The number of rotatable bonds is 4. The second kappa shape index (κ2) is 7.11. The van der Waals surface area contributed by atoms with Crippen molar-refractivity contribution in [1.82, 2.24) is 0 Å². The Kier molecular flexibility index (Phi) is 5.22. The number of aliphatic hydroxyl groups is 2. The van der Waals surface area contributed by atoms with Gasteiger partial charge in [0.1, 0.15) is 10.6 Å². The zero-order valence-electron chi connectivity index (χ0n) is 14.5. The molecule has 0 spiro atoms. The molecule has 1 aliphatic heterocycles. The number of hydrogen-bond acceptors (Lipinski definition) is 6. The normalized spacial score (nSPS) is 21.4. The Morgan fingerprint density at radius 2 is 1.66 bits per heavy atom. The van der Waals surface area contributed by atoms with Gasteiger partial charge in [-0.15, -0.1) is 0 Å². The van der Waals surface area contributed by atoms with Gasteiger partial charge in [0.15, 0.2) is 0 Å². The first kappa shape index (κ1) is 21.3. The molecule has 0 saturated carbocycles. The predicted octanol–water partition coefficient (Wildman–Crippen LogP) is 3.06. The van der Waals surface area contributed by atoms with Crippen molar-refractivity contribution >= 4 is 10.1 Å². The van der Waals surface area contributed by atoms with Crippen LogP contribution in [0.3, 0.4) is 0 Å². The highest BCUT2D eigenvalue weighted by atomic mass is 32.2. The summed E-state index contributed by atoms with van der Waals surface area (Å²) in [4.78, 5) is -0.771. The number of aliphatic hydroxyl groups excluding tert-OH is 1.